The van der Waals surface area contributed by atoms with E-state index in [0.717, 1.165) is 24.1 Å². The number of aromatic nitrogens is 1. The van der Waals surface area contributed by atoms with E-state index in [0.29, 0.717) is 0 Å². The van der Waals surface area contributed by atoms with Crippen LogP contribution in [-0.2, 0) is 6.54 Å². The molecule has 1 aromatic heterocycles. The van der Waals surface area contributed by atoms with Gasteiger partial charge in [0.05, 0.1) is 12.2 Å². The smallest absolute Gasteiger partial charge is 0.211 e. The van der Waals surface area contributed by atoms with E-state index in [9.17, 15) is 0 Å². The molecule has 1 aromatic carbocycles. The van der Waals surface area contributed by atoms with Crippen molar-refractivity contribution in [2.45, 2.75) is 45.2 Å². The summed E-state index contributed by atoms with van der Waals surface area (Å²) in [5, 5.41) is 3.46. The zero-order valence-corrected chi connectivity index (χ0v) is 11.5. The maximum Gasteiger partial charge on any atom is 0.211 e. The van der Waals surface area contributed by atoms with Crippen LogP contribution in [0.15, 0.2) is 34.9 Å². The lowest BCUT2D eigenvalue weighted by Crippen LogP contribution is -2.18. The minimum Gasteiger partial charge on any atom is -0.444 e. The second-order valence-corrected chi connectivity index (χ2v) is 5.43. The molecule has 2 aromatic rings. The van der Waals surface area contributed by atoms with Gasteiger partial charge in [0.2, 0.25) is 5.89 Å². The van der Waals surface area contributed by atoms with E-state index in [4.69, 9.17) is 4.42 Å². The number of oxazole rings is 1. The number of hydrogen-bond donors (Lipinski definition) is 1. The normalized spacial score (nSPS) is 16.5. The number of rotatable bonds is 5. The summed E-state index contributed by atoms with van der Waals surface area (Å²) in [6, 6.07) is 9.02. The van der Waals surface area contributed by atoms with Gasteiger partial charge >= 0.3 is 0 Å². The lowest BCUT2D eigenvalue weighted by atomic mass is 10.1. The second-order valence-electron chi connectivity index (χ2n) is 5.43. The van der Waals surface area contributed by atoms with E-state index in [1.54, 1.807) is 6.20 Å². The Morgan fingerprint density at radius 2 is 2.26 bits per heavy atom. The fourth-order valence-corrected chi connectivity index (χ4v) is 2.30. The Bertz CT molecular complexity index is 557. The standard InChI is InChI=1S/C16H20N2O/c1-11-9-18-16(19-11)12(2)17-10-13-4-3-5-15(8-13)14-6-7-14/h3-5,8-9,12,14,17H,6-7,10H2,1-2H3. The quantitative estimate of drug-likeness (QED) is 0.886. The van der Waals surface area contributed by atoms with Gasteiger partial charge in [-0.25, -0.2) is 4.98 Å². The highest BCUT2D eigenvalue weighted by Gasteiger charge is 2.23. The molecule has 0 spiro atoms. The van der Waals surface area contributed by atoms with Crippen molar-refractivity contribution >= 4 is 0 Å². The molecule has 1 fully saturated rings. The first-order chi connectivity index (χ1) is 9.22. The van der Waals surface area contributed by atoms with Crippen molar-refractivity contribution in [3.8, 4) is 0 Å². The van der Waals surface area contributed by atoms with Gasteiger partial charge in [-0.3, -0.25) is 0 Å². The Kier molecular flexibility index (Phi) is 3.38. The highest BCUT2D eigenvalue weighted by atomic mass is 16.4. The van der Waals surface area contributed by atoms with E-state index >= 15 is 0 Å². The van der Waals surface area contributed by atoms with Crippen molar-refractivity contribution in [1.29, 1.82) is 0 Å². The predicted molar refractivity (Wildman–Crippen MR) is 74.9 cm³/mol. The average Bonchev–Trinajstić information content (AvgIpc) is 3.19. The first-order valence-electron chi connectivity index (χ1n) is 6.97. The average molecular weight is 256 g/mol. The van der Waals surface area contributed by atoms with Crippen LogP contribution in [0.4, 0.5) is 0 Å². The molecular weight excluding hydrogens is 236 g/mol. The summed E-state index contributed by atoms with van der Waals surface area (Å²) in [5.74, 6) is 2.43. The van der Waals surface area contributed by atoms with Gasteiger partial charge < -0.3 is 9.73 Å². The minimum atomic E-state index is 0.137. The Hall–Kier alpha value is -1.61. The molecule has 0 aliphatic heterocycles. The van der Waals surface area contributed by atoms with E-state index in [-0.39, 0.29) is 6.04 Å². The van der Waals surface area contributed by atoms with Gasteiger partial charge in [-0.2, -0.15) is 0 Å². The number of aryl methyl sites for hydroxylation is 1. The summed E-state index contributed by atoms with van der Waals surface area (Å²) >= 11 is 0. The lowest BCUT2D eigenvalue weighted by Gasteiger charge is -2.11. The van der Waals surface area contributed by atoms with Crippen LogP contribution < -0.4 is 5.32 Å². The predicted octanol–water partition coefficient (Wildman–Crippen LogP) is 3.71. The Labute approximate surface area is 114 Å². The molecule has 1 aliphatic rings. The fourth-order valence-electron chi connectivity index (χ4n) is 2.30. The van der Waals surface area contributed by atoms with Crippen molar-refractivity contribution in [3.63, 3.8) is 0 Å². The van der Waals surface area contributed by atoms with Gasteiger partial charge in [0.1, 0.15) is 5.76 Å². The third-order valence-corrected chi connectivity index (χ3v) is 3.62. The molecule has 1 heterocycles. The molecule has 0 radical (unpaired) electrons. The molecule has 1 saturated carbocycles. The fraction of sp³-hybridized carbons (Fsp3) is 0.438. The Morgan fingerprint density at radius 1 is 1.42 bits per heavy atom. The zero-order chi connectivity index (χ0) is 13.2. The summed E-state index contributed by atoms with van der Waals surface area (Å²) in [6.07, 6.45) is 4.47. The van der Waals surface area contributed by atoms with Crippen molar-refractivity contribution < 1.29 is 4.42 Å². The van der Waals surface area contributed by atoms with E-state index in [1.807, 2.05) is 6.92 Å². The van der Waals surface area contributed by atoms with E-state index in [2.05, 4.69) is 41.5 Å². The maximum atomic E-state index is 5.53. The number of benzene rings is 1. The summed E-state index contributed by atoms with van der Waals surface area (Å²) in [6.45, 7) is 4.85. The molecule has 100 valence electrons. The maximum absolute atomic E-state index is 5.53. The largest absolute Gasteiger partial charge is 0.444 e. The van der Waals surface area contributed by atoms with Gasteiger partial charge in [0.25, 0.3) is 0 Å². The minimum absolute atomic E-state index is 0.137. The first kappa shape index (κ1) is 12.4. The molecule has 3 nitrogen and oxygen atoms in total. The number of nitrogens with zero attached hydrogens (tertiary/aromatic N) is 1. The van der Waals surface area contributed by atoms with E-state index in [1.165, 1.54) is 24.0 Å². The molecule has 3 rings (SSSR count). The van der Waals surface area contributed by atoms with Crippen LogP contribution in [0.25, 0.3) is 0 Å². The Balaban J connectivity index is 1.60. The molecule has 0 amide bonds. The molecule has 1 atom stereocenters. The zero-order valence-electron chi connectivity index (χ0n) is 11.5. The number of nitrogens with one attached hydrogen (secondary N) is 1. The summed E-state index contributed by atoms with van der Waals surface area (Å²) in [7, 11) is 0. The highest BCUT2D eigenvalue weighted by Crippen LogP contribution is 2.40. The number of hydrogen-bond acceptors (Lipinski definition) is 3. The van der Waals surface area contributed by atoms with Crippen molar-refractivity contribution in [2.75, 3.05) is 0 Å². The van der Waals surface area contributed by atoms with Crippen LogP contribution in [0.5, 0.6) is 0 Å². The van der Waals surface area contributed by atoms with Crippen LogP contribution in [0.2, 0.25) is 0 Å². The Morgan fingerprint density at radius 3 is 2.95 bits per heavy atom. The third kappa shape index (κ3) is 3.04. The van der Waals surface area contributed by atoms with Crippen LogP contribution in [0.3, 0.4) is 0 Å². The third-order valence-electron chi connectivity index (χ3n) is 3.62. The molecule has 3 heteroatoms. The van der Waals surface area contributed by atoms with Gasteiger partial charge in [0.15, 0.2) is 0 Å². The molecule has 19 heavy (non-hydrogen) atoms. The van der Waals surface area contributed by atoms with Crippen LogP contribution >= 0.6 is 0 Å². The molecular formula is C16H20N2O. The van der Waals surface area contributed by atoms with Gasteiger partial charge in [-0.15, -0.1) is 0 Å². The molecule has 0 bridgehead atoms. The van der Waals surface area contributed by atoms with Gasteiger partial charge in [-0.05, 0) is 43.7 Å². The summed E-state index contributed by atoms with van der Waals surface area (Å²) < 4.78 is 5.53. The van der Waals surface area contributed by atoms with Gasteiger partial charge in [-0.1, -0.05) is 24.3 Å². The van der Waals surface area contributed by atoms with Crippen molar-refractivity contribution in [3.05, 3.63) is 53.2 Å². The molecule has 1 unspecified atom stereocenters. The monoisotopic (exact) mass is 256 g/mol. The summed E-state index contributed by atoms with van der Waals surface area (Å²) in [5.41, 5.74) is 2.82. The van der Waals surface area contributed by atoms with Gasteiger partial charge in [0, 0.05) is 6.54 Å². The lowest BCUT2D eigenvalue weighted by molar-refractivity contribution is 0.402. The van der Waals surface area contributed by atoms with Crippen LogP contribution in [0, 0.1) is 6.92 Å². The summed E-state index contributed by atoms with van der Waals surface area (Å²) in [4.78, 5) is 4.25. The van der Waals surface area contributed by atoms with E-state index < -0.39 is 0 Å². The molecule has 1 aliphatic carbocycles. The first-order valence-corrected chi connectivity index (χ1v) is 6.97. The molecule has 0 saturated heterocycles. The SMILES string of the molecule is Cc1cnc(C(C)NCc2cccc(C3CC3)c2)o1. The van der Waals surface area contributed by atoms with Crippen molar-refractivity contribution in [1.82, 2.24) is 10.3 Å². The van der Waals surface area contributed by atoms with Crippen LogP contribution in [-0.4, -0.2) is 4.98 Å². The van der Waals surface area contributed by atoms with Crippen molar-refractivity contribution in [2.24, 2.45) is 0 Å². The highest BCUT2D eigenvalue weighted by molar-refractivity contribution is 5.29. The topological polar surface area (TPSA) is 38.1 Å². The van der Waals surface area contributed by atoms with Crippen LogP contribution in [0.1, 0.15) is 54.5 Å². The molecule has 1 N–H and O–H groups in total. The second kappa shape index (κ2) is 5.17.